The van der Waals surface area contributed by atoms with E-state index >= 15 is 0 Å². The topological polar surface area (TPSA) is 98.3 Å². The van der Waals surface area contributed by atoms with E-state index in [0.717, 1.165) is 0 Å². The number of anilines is 1. The zero-order valence-electron chi connectivity index (χ0n) is 11.0. The Morgan fingerprint density at radius 1 is 1.53 bits per heavy atom. The van der Waals surface area contributed by atoms with Crippen molar-refractivity contribution in [2.24, 2.45) is 11.1 Å². The molecule has 6 nitrogen and oxygen atoms in total. The molecule has 0 atom stereocenters. The molecule has 0 fully saturated rings. The normalized spacial score (nSPS) is 11.2. The predicted octanol–water partition coefficient (Wildman–Crippen LogP) is 2.59. The van der Waals surface area contributed by atoms with Gasteiger partial charge in [-0.1, -0.05) is 0 Å². The molecule has 0 spiro atoms. The first-order valence-corrected chi connectivity index (χ1v) is 6.44. The summed E-state index contributed by atoms with van der Waals surface area (Å²) in [6, 6.07) is 2.94. The number of hydrogen-bond donors (Lipinski definition) is 2. The Morgan fingerprint density at radius 2 is 2.11 bits per heavy atom. The van der Waals surface area contributed by atoms with Gasteiger partial charge in [0.1, 0.15) is 0 Å². The molecule has 0 radical (unpaired) electrons. The highest BCUT2D eigenvalue weighted by Gasteiger charge is 2.27. The lowest BCUT2D eigenvalue weighted by Crippen LogP contribution is -2.37. The van der Waals surface area contributed by atoms with Gasteiger partial charge in [-0.25, -0.2) is 0 Å². The molecule has 0 bridgehead atoms. The highest BCUT2D eigenvalue weighted by Crippen LogP contribution is 2.31. The molecule has 0 aliphatic heterocycles. The quantitative estimate of drug-likeness (QED) is 0.655. The van der Waals surface area contributed by atoms with Crippen molar-refractivity contribution in [3.8, 4) is 0 Å². The van der Waals surface area contributed by atoms with Crippen molar-refractivity contribution in [2.45, 2.75) is 20.8 Å². The third kappa shape index (κ3) is 3.51. The minimum absolute atomic E-state index is 0.0379. The molecule has 0 aliphatic rings. The fraction of sp³-hybridized carbons (Fsp3) is 0.417. The molecule has 19 heavy (non-hydrogen) atoms. The summed E-state index contributed by atoms with van der Waals surface area (Å²) in [4.78, 5) is 22.4. The second kappa shape index (κ2) is 5.66. The number of nitrogens with zero attached hydrogens (tertiary/aromatic N) is 1. The average molecular weight is 330 g/mol. The van der Waals surface area contributed by atoms with Crippen LogP contribution in [0, 0.1) is 22.5 Å². The van der Waals surface area contributed by atoms with Crippen molar-refractivity contribution in [1.82, 2.24) is 0 Å². The van der Waals surface area contributed by atoms with Gasteiger partial charge < -0.3 is 11.1 Å². The fourth-order valence-electron chi connectivity index (χ4n) is 1.34. The first-order valence-electron chi connectivity index (χ1n) is 5.65. The van der Waals surface area contributed by atoms with E-state index in [1.807, 2.05) is 0 Å². The van der Waals surface area contributed by atoms with Crippen LogP contribution in [0.4, 0.5) is 11.4 Å². The smallest absolute Gasteiger partial charge is 0.274 e. The Bertz CT molecular complexity index is 529. The van der Waals surface area contributed by atoms with Crippen LogP contribution in [-0.2, 0) is 4.79 Å². The third-order valence-corrected chi connectivity index (χ3v) is 3.51. The highest BCUT2D eigenvalue weighted by atomic mass is 79.9. The fourth-order valence-corrected chi connectivity index (χ4v) is 1.89. The first kappa shape index (κ1) is 15.6. The van der Waals surface area contributed by atoms with Crippen molar-refractivity contribution in [3.63, 3.8) is 0 Å². The molecule has 0 saturated carbocycles. The lowest BCUT2D eigenvalue weighted by Gasteiger charge is -2.21. The Hall–Kier alpha value is -1.47. The van der Waals surface area contributed by atoms with E-state index in [9.17, 15) is 14.9 Å². The Kier molecular flexibility index (Phi) is 4.65. The second-order valence-corrected chi connectivity index (χ2v) is 5.77. The zero-order chi connectivity index (χ0) is 14.8. The van der Waals surface area contributed by atoms with Crippen LogP contribution in [0.15, 0.2) is 16.6 Å². The number of hydrogen-bond acceptors (Lipinski definition) is 4. The Balaban J connectivity index is 3.12. The van der Waals surface area contributed by atoms with Crippen molar-refractivity contribution < 1.29 is 9.72 Å². The number of nitrogens with two attached hydrogens (primary N) is 1. The van der Waals surface area contributed by atoms with Gasteiger partial charge in [-0.05, 0) is 42.8 Å². The number of aryl methyl sites for hydroxylation is 1. The van der Waals surface area contributed by atoms with Crippen molar-refractivity contribution >= 4 is 33.2 Å². The van der Waals surface area contributed by atoms with Gasteiger partial charge in [0.2, 0.25) is 5.91 Å². The van der Waals surface area contributed by atoms with Gasteiger partial charge in [0, 0.05) is 22.6 Å². The van der Waals surface area contributed by atoms with Crippen LogP contribution in [0.5, 0.6) is 0 Å². The van der Waals surface area contributed by atoms with Crippen molar-refractivity contribution in [2.75, 3.05) is 11.9 Å². The summed E-state index contributed by atoms with van der Waals surface area (Å²) in [6.45, 7) is 5.24. The third-order valence-electron chi connectivity index (χ3n) is 2.86. The molecular weight excluding hydrogens is 314 g/mol. The molecule has 1 aromatic carbocycles. The van der Waals surface area contributed by atoms with Crippen LogP contribution in [0.2, 0.25) is 0 Å². The molecule has 0 aliphatic carbocycles. The summed E-state index contributed by atoms with van der Waals surface area (Å²) in [5, 5.41) is 13.5. The largest absolute Gasteiger partial charge is 0.329 e. The van der Waals surface area contributed by atoms with Gasteiger partial charge in [0.05, 0.1) is 16.0 Å². The minimum atomic E-state index is -0.737. The van der Waals surface area contributed by atoms with E-state index < -0.39 is 10.3 Å². The van der Waals surface area contributed by atoms with Gasteiger partial charge in [0.15, 0.2) is 0 Å². The molecule has 0 heterocycles. The number of carbonyl (C=O) groups excluding carboxylic acids is 1. The van der Waals surface area contributed by atoms with Gasteiger partial charge in [-0.2, -0.15) is 0 Å². The van der Waals surface area contributed by atoms with E-state index in [1.165, 1.54) is 6.07 Å². The molecule has 104 valence electrons. The molecular formula is C12H16BrN3O3. The van der Waals surface area contributed by atoms with Crippen molar-refractivity contribution in [3.05, 3.63) is 32.3 Å². The van der Waals surface area contributed by atoms with Crippen molar-refractivity contribution in [1.29, 1.82) is 0 Å². The summed E-state index contributed by atoms with van der Waals surface area (Å²) in [6.07, 6.45) is 0. The number of benzene rings is 1. The maximum absolute atomic E-state index is 12.0. The molecule has 7 heteroatoms. The number of rotatable bonds is 4. The number of nitro groups is 1. The molecule has 1 aromatic rings. The number of nitrogens with one attached hydrogen (secondary N) is 1. The van der Waals surface area contributed by atoms with Crippen LogP contribution in [0.1, 0.15) is 19.4 Å². The monoisotopic (exact) mass is 329 g/mol. The van der Waals surface area contributed by atoms with Crippen LogP contribution < -0.4 is 11.1 Å². The predicted molar refractivity (Wildman–Crippen MR) is 77.0 cm³/mol. The van der Waals surface area contributed by atoms with Crippen LogP contribution in [-0.4, -0.2) is 17.4 Å². The zero-order valence-corrected chi connectivity index (χ0v) is 12.6. The molecule has 0 saturated heterocycles. The van der Waals surface area contributed by atoms with Gasteiger partial charge >= 0.3 is 0 Å². The van der Waals surface area contributed by atoms with Gasteiger partial charge in [0.25, 0.3) is 5.69 Å². The van der Waals surface area contributed by atoms with E-state index in [2.05, 4.69) is 21.2 Å². The molecule has 0 unspecified atom stereocenters. The summed E-state index contributed by atoms with van der Waals surface area (Å²) in [5.74, 6) is -0.283. The SMILES string of the molecule is Cc1cc(Br)c(NC(=O)C(C)(C)CN)cc1[N+](=O)[O-]. The van der Waals surface area contributed by atoms with Crippen LogP contribution in [0.25, 0.3) is 0 Å². The summed E-state index contributed by atoms with van der Waals surface area (Å²) < 4.78 is 0.594. The van der Waals surface area contributed by atoms with E-state index in [4.69, 9.17) is 5.73 Å². The summed E-state index contributed by atoms with van der Waals surface area (Å²) in [5.41, 5.74) is 5.63. The number of carbonyl (C=O) groups is 1. The van der Waals surface area contributed by atoms with E-state index in [0.29, 0.717) is 15.7 Å². The number of halogens is 1. The molecule has 0 aromatic heterocycles. The Labute approximate surface area is 119 Å². The van der Waals surface area contributed by atoms with E-state index in [-0.39, 0.29) is 18.1 Å². The summed E-state index contributed by atoms with van der Waals surface area (Å²) >= 11 is 3.28. The molecule has 3 N–H and O–H groups in total. The van der Waals surface area contributed by atoms with Crippen LogP contribution >= 0.6 is 15.9 Å². The van der Waals surface area contributed by atoms with Crippen LogP contribution in [0.3, 0.4) is 0 Å². The minimum Gasteiger partial charge on any atom is -0.329 e. The summed E-state index contributed by atoms with van der Waals surface area (Å²) in [7, 11) is 0. The molecule has 1 rings (SSSR count). The lowest BCUT2D eigenvalue weighted by molar-refractivity contribution is -0.385. The average Bonchev–Trinajstić information content (AvgIpc) is 2.31. The van der Waals surface area contributed by atoms with Gasteiger partial charge in [-0.15, -0.1) is 0 Å². The number of nitro benzene ring substituents is 1. The first-order chi connectivity index (χ1) is 8.69. The maximum atomic E-state index is 12.0. The van der Waals surface area contributed by atoms with E-state index in [1.54, 1.807) is 26.8 Å². The second-order valence-electron chi connectivity index (χ2n) is 4.92. The van der Waals surface area contributed by atoms with Gasteiger partial charge in [-0.3, -0.25) is 14.9 Å². The Morgan fingerprint density at radius 3 is 2.58 bits per heavy atom. The standard InChI is InChI=1S/C12H16BrN3O3/c1-7-4-8(13)9(5-10(7)16(18)19)15-11(17)12(2,3)6-14/h4-5H,6,14H2,1-3H3,(H,15,17). The lowest BCUT2D eigenvalue weighted by atomic mass is 9.92. The number of amides is 1. The highest BCUT2D eigenvalue weighted by molar-refractivity contribution is 9.10. The molecule has 1 amide bonds. The maximum Gasteiger partial charge on any atom is 0.274 e.